The smallest absolute Gasteiger partial charge is 0.190 e. The van der Waals surface area contributed by atoms with Gasteiger partial charge in [-0.1, -0.05) is 19.9 Å². The maximum atomic E-state index is 16.9. The van der Waals surface area contributed by atoms with Crippen molar-refractivity contribution in [1.82, 2.24) is 0 Å². The third-order valence-corrected chi connectivity index (χ3v) is 8.78. The first-order valence-corrected chi connectivity index (χ1v) is 10.2. The highest BCUT2D eigenvalue weighted by Crippen LogP contribution is 2.70. The van der Waals surface area contributed by atoms with Gasteiger partial charge in [0.15, 0.2) is 17.2 Å². The van der Waals surface area contributed by atoms with Crippen LogP contribution in [0.15, 0.2) is 23.8 Å². The minimum atomic E-state index is -2.24. The van der Waals surface area contributed by atoms with Crippen LogP contribution >= 0.6 is 0 Å². The van der Waals surface area contributed by atoms with E-state index in [0.29, 0.717) is 0 Å². The second kappa shape index (κ2) is 6.05. The minimum absolute atomic E-state index is 0.0409. The Morgan fingerprint density at radius 1 is 1.28 bits per heavy atom. The molecule has 0 aromatic carbocycles. The van der Waals surface area contributed by atoms with E-state index in [4.69, 9.17) is 0 Å². The van der Waals surface area contributed by atoms with E-state index in [2.05, 4.69) is 0 Å². The predicted molar refractivity (Wildman–Crippen MR) is 100 cm³/mol. The number of halogens is 2. The number of carbonyl (C=O) groups is 2. The number of fused-ring (bicyclic) bond motifs is 5. The Morgan fingerprint density at radius 3 is 2.55 bits per heavy atom. The molecule has 5 nitrogen and oxygen atoms in total. The lowest BCUT2D eigenvalue weighted by Gasteiger charge is -2.63. The fourth-order valence-electron chi connectivity index (χ4n) is 7.25. The topological polar surface area (TPSA) is 94.8 Å². The summed E-state index contributed by atoms with van der Waals surface area (Å²) >= 11 is 0. The number of alkyl halides is 2. The highest BCUT2D eigenvalue weighted by Gasteiger charge is 2.76. The zero-order valence-corrected chi connectivity index (χ0v) is 16.9. The van der Waals surface area contributed by atoms with E-state index >= 15 is 8.78 Å². The number of aliphatic hydroxyl groups is 3. The van der Waals surface area contributed by atoms with E-state index in [-0.39, 0.29) is 24.8 Å². The molecule has 4 rings (SSSR count). The van der Waals surface area contributed by atoms with Gasteiger partial charge in [0.05, 0.1) is 6.10 Å². The minimum Gasteiger partial charge on any atom is -0.390 e. The summed E-state index contributed by atoms with van der Waals surface area (Å²) < 4.78 is 32.1. The van der Waals surface area contributed by atoms with E-state index in [9.17, 15) is 24.9 Å². The van der Waals surface area contributed by atoms with Crippen molar-refractivity contribution in [3.8, 4) is 0 Å². The molecule has 3 N–H and O–H groups in total. The largest absolute Gasteiger partial charge is 0.390 e. The standard InChI is InChI=1S/C22H28F2O5/c1-11-6-13-14-8-16(23)15-7-12(26)4-5-19(15,2)21(14,24)17(27)9-20(13,3)22(11,29)18(28)10-25/h4-5,7,11,13-14,16-17,25,27,29H,6,8-10H2,1-3H3/t11-,13+,14+,16+,17+,19+,20+,21?,22+/m1/s1. The Morgan fingerprint density at radius 2 is 1.93 bits per heavy atom. The van der Waals surface area contributed by atoms with Gasteiger partial charge in [0.2, 0.25) is 0 Å². The number of Topliss-reactive ketones (excluding diaryl/α,β-unsaturated/α-hetero) is 1. The third kappa shape index (κ3) is 2.19. The summed E-state index contributed by atoms with van der Waals surface area (Å²) in [6.45, 7) is 3.96. The molecule has 4 aliphatic rings. The Kier molecular flexibility index (Phi) is 4.34. The van der Waals surface area contributed by atoms with Gasteiger partial charge in [0, 0.05) is 16.7 Å². The fourth-order valence-corrected chi connectivity index (χ4v) is 7.25. The van der Waals surface area contributed by atoms with Crippen LogP contribution < -0.4 is 0 Å². The summed E-state index contributed by atoms with van der Waals surface area (Å²) in [5.41, 5.74) is -6.81. The van der Waals surface area contributed by atoms with Crippen LogP contribution in [0.2, 0.25) is 0 Å². The number of hydrogen-bond acceptors (Lipinski definition) is 5. The number of allylic oxidation sites excluding steroid dienone is 4. The van der Waals surface area contributed by atoms with Crippen molar-refractivity contribution < 1.29 is 33.7 Å². The Labute approximate surface area is 168 Å². The molecule has 0 heterocycles. The van der Waals surface area contributed by atoms with Crippen molar-refractivity contribution in [3.05, 3.63) is 23.8 Å². The van der Waals surface area contributed by atoms with Crippen molar-refractivity contribution in [2.75, 3.05) is 6.61 Å². The van der Waals surface area contributed by atoms with E-state index in [1.807, 2.05) is 0 Å². The summed E-state index contributed by atoms with van der Waals surface area (Å²) in [7, 11) is 0. The Bertz CT molecular complexity index is 839. The molecule has 1 unspecified atom stereocenters. The van der Waals surface area contributed by atoms with Crippen molar-refractivity contribution in [3.63, 3.8) is 0 Å². The van der Waals surface area contributed by atoms with E-state index < -0.39 is 70.3 Å². The van der Waals surface area contributed by atoms with Crippen molar-refractivity contribution in [2.45, 2.75) is 63.6 Å². The van der Waals surface area contributed by atoms with Gasteiger partial charge in [0.1, 0.15) is 18.4 Å². The fraction of sp³-hybridized carbons (Fsp3) is 0.727. The maximum absolute atomic E-state index is 16.9. The molecule has 160 valence electrons. The molecule has 29 heavy (non-hydrogen) atoms. The van der Waals surface area contributed by atoms with Crippen LogP contribution in [-0.2, 0) is 9.59 Å². The van der Waals surface area contributed by atoms with Crippen LogP contribution in [0.25, 0.3) is 0 Å². The van der Waals surface area contributed by atoms with Gasteiger partial charge in [-0.3, -0.25) is 9.59 Å². The van der Waals surface area contributed by atoms with Crippen molar-refractivity contribution in [1.29, 1.82) is 0 Å². The molecule has 0 aromatic rings. The first kappa shape index (κ1) is 20.8. The molecule has 0 saturated heterocycles. The summed E-state index contributed by atoms with van der Waals surface area (Å²) in [6, 6.07) is 0. The third-order valence-electron chi connectivity index (χ3n) is 8.78. The molecule has 0 bridgehead atoms. The van der Waals surface area contributed by atoms with E-state index in [0.717, 1.165) is 6.08 Å². The molecule has 0 spiro atoms. The van der Waals surface area contributed by atoms with Gasteiger partial charge in [0.25, 0.3) is 0 Å². The first-order chi connectivity index (χ1) is 13.4. The predicted octanol–water partition coefficient (Wildman–Crippen LogP) is 1.84. The summed E-state index contributed by atoms with van der Waals surface area (Å²) in [5.74, 6) is -3.24. The average molecular weight is 410 g/mol. The lowest BCUT2D eigenvalue weighted by Crippen LogP contribution is -2.70. The average Bonchev–Trinajstić information content (AvgIpc) is 2.86. The quantitative estimate of drug-likeness (QED) is 0.646. The highest BCUT2D eigenvalue weighted by molar-refractivity contribution is 6.01. The number of ketones is 2. The zero-order valence-electron chi connectivity index (χ0n) is 16.9. The molecular weight excluding hydrogens is 382 g/mol. The van der Waals surface area contributed by atoms with Crippen LogP contribution in [0.5, 0.6) is 0 Å². The molecule has 0 aromatic heterocycles. The van der Waals surface area contributed by atoms with Gasteiger partial charge in [-0.2, -0.15) is 0 Å². The van der Waals surface area contributed by atoms with E-state index in [1.165, 1.54) is 19.1 Å². The lowest BCUT2D eigenvalue weighted by atomic mass is 9.44. The second-order valence-electron chi connectivity index (χ2n) is 9.84. The molecule has 3 saturated carbocycles. The zero-order chi connectivity index (χ0) is 21.6. The van der Waals surface area contributed by atoms with Crippen LogP contribution in [-0.4, -0.2) is 57.0 Å². The molecule has 3 fully saturated rings. The molecule has 0 amide bonds. The number of carbonyl (C=O) groups excluding carboxylic acids is 2. The number of hydrogen-bond donors (Lipinski definition) is 3. The SMILES string of the molecule is C[C@@H]1C[C@H]2[C@@H]3C[C@H](F)C4=CC(=O)C=C[C@]4(C)C3(F)[C@@H](O)C[C@]2(C)[C@@]1(O)C(=O)CO. The molecule has 0 radical (unpaired) electrons. The maximum Gasteiger partial charge on any atom is 0.190 e. The number of rotatable bonds is 2. The molecule has 9 atom stereocenters. The van der Waals surface area contributed by atoms with Gasteiger partial charge >= 0.3 is 0 Å². The molecule has 4 aliphatic carbocycles. The molecule has 0 aliphatic heterocycles. The summed E-state index contributed by atoms with van der Waals surface area (Å²) in [5, 5.41) is 31.9. The van der Waals surface area contributed by atoms with E-state index in [1.54, 1.807) is 13.8 Å². The van der Waals surface area contributed by atoms with Gasteiger partial charge in [-0.25, -0.2) is 8.78 Å². The summed E-state index contributed by atoms with van der Waals surface area (Å²) in [6.07, 6.45) is 0.427. The van der Waals surface area contributed by atoms with Crippen molar-refractivity contribution >= 4 is 11.6 Å². The van der Waals surface area contributed by atoms with Gasteiger partial charge < -0.3 is 15.3 Å². The van der Waals surface area contributed by atoms with Gasteiger partial charge in [-0.05, 0) is 55.7 Å². The van der Waals surface area contributed by atoms with Crippen LogP contribution in [0.3, 0.4) is 0 Å². The summed E-state index contributed by atoms with van der Waals surface area (Å²) in [4.78, 5) is 24.3. The van der Waals surface area contributed by atoms with Crippen LogP contribution in [0, 0.1) is 28.6 Å². The molecular formula is C22H28F2O5. The normalized spacial score (nSPS) is 53.7. The molecule has 7 heteroatoms. The Balaban J connectivity index is 1.87. The number of aliphatic hydroxyl groups excluding tert-OH is 2. The second-order valence-corrected chi connectivity index (χ2v) is 9.84. The monoisotopic (exact) mass is 410 g/mol. The van der Waals surface area contributed by atoms with Gasteiger partial charge in [-0.15, -0.1) is 0 Å². The first-order valence-electron chi connectivity index (χ1n) is 10.2. The van der Waals surface area contributed by atoms with Crippen molar-refractivity contribution in [2.24, 2.45) is 28.6 Å². The van der Waals surface area contributed by atoms with Crippen LogP contribution in [0.4, 0.5) is 8.78 Å². The van der Waals surface area contributed by atoms with Crippen LogP contribution in [0.1, 0.15) is 40.0 Å². The highest BCUT2D eigenvalue weighted by atomic mass is 19.1. The Hall–Kier alpha value is -1.44. The lowest BCUT2D eigenvalue weighted by molar-refractivity contribution is -0.223.